The number of aryl methyl sites for hydroxylation is 3. The highest BCUT2D eigenvalue weighted by atomic mass is 35.5. The summed E-state index contributed by atoms with van der Waals surface area (Å²) in [6.07, 6.45) is -1.68. The summed E-state index contributed by atoms with van der Waals surface area (Å²) in [7, 11) is 0. The van der Waals surface area contributed by atoms with Gasteiger partial charge in [0.2, 0.25) is 11.9 Å². The lowest BCUT2D eigenvalue weighted by Gasteiger charge is -2.31. The molecule has 22 heteroatoms. The number of H-pyrrole nitrogens is 1. The number of carboxylic acids is 2. The molecule has 0 aliphatic carbocycles. The van der Waals surface area contributed by atoms with Gasteiger partial charge in [-0.3, -0.25) is 19.7 Å². The van der Waals surface area contributed by atoms with E-state index >= 15 is 0 Å². The van der Waals surface area contributed by atoms with E-state index in [9.17, 15) is 35.9 Å². The number of aliphatic carboxylic acids is 2. The van der Waals surface area contributed by atoms with Crippen LogP contribution in [0.15, 0.2) is 48.9 Å². The van der Waals surface area contributed by atoms with Crippen LogP contribution < -0.4 is 16.0 Å². The lowest BCUT2D eigenvalue weighted by atomic mass is 9.93. The lowest BCUT2D eigenvalue weighted by Crippen LogP contribution is -2.39. The van der Waals surface area contributed by atoms with Crippen LogP contribution in [0.4, 0.5) is 55.2 Å². The topological polar surface area (TPSA) is 215 Å². The van der Waals surface area contributed by atoms with Crippen LogP contribution in [0.1, 0.15) is 46.6 Å². The normalized spacial score (nSPS) is 14.1. The number of pyridine rings is 1. The van der Waals surface area contributed by atoms with Gasteiger partial charge in [-0.05, 0) is 80.0 Å². The third kappa shape index (κ3) is 12.5. The van der Waals surface area contributed by atoms with Crippen molar-refractivity contribution in [2.75, 3.05) is 29.0 Å². The molecule has 5 heterocycles. The van der Waals surface area contributed by atoms with Crippen molar-refractivity contribution in [2.24, 2.45) is 5.92 Å². The first kappa shape index (κ1) is 41.8. The number of likely N-dealkylation sites (tertiary alicyclic amines) is 1. The molecule has 2 aliphatic rings. The van der Waals surface area contributed by atoms with Crippen molar-refractivity contribution >= 4 is 64.2 Å². The molecule has 2 aliphatic heterocycles. The van der Waals surface area contributed by atoms with Crippen molar-refractivity contribution in [1.29, 1.82) is 0 Å². The monoisotopic (exact) mass is 799 g/mol. The van der Waals surface area contributed by atoms with Crippen molar-refractivity contribution in [2.45, 2.75) is 51.4 Å². The maximum absolute atomic E-state index is 13.1. The zero-order valence-corrected chi connectivity index (χ0v) is 29.3. The van der Waals surface area contributed by atoms with E-state index < -0.39 is 24.3 Å². The molecule has 15 nitrogen and oxygen atoms in total. The van der Waals surface area contributed by atoms with E-state index in [0.29, 0.717) is 48.4 Å². The van der Waals surface area contributed by atoms with Crippen LogP contribution in [-0.2, 0) is 27.2 Å². The number of carboxylic acid groups (broad SMARTS) is 2. The van der Waals surface area contributed by atoms with Crippen LogP contribution in [0.2, 0.25) is 5.02 Å². The quantitative estimate of drug-likeness (QED) is 0.126. The smallest absolute Gasteiger partial charge is 0.475 e. The Morgan fingerprint density at radius 3 is 2.16 bits per heavy atom. The number of piperidine rings is 1. The number of nitrogens with one attached hydrogen (secondary N) is 4. The number of amides is 2. The second-order valence-corrected chi connectivity index (χ2v) is 12.5. The molecule has 1 aromatic carbocycles. The van der Waals surface area contributed by atoms with Gasteiger partial charge in [0.1, 0.15) is 10.7 Å². The molecule has 1 fully saturated rings. The Labute approximate surface area is 312 Å². The average Bonchev–Trinajstić information content (AvgIpc) is 3.55. The largest absolute Gasteiger partial charge is 0.490 e. The molecule has 0 spiro atoms. The van der Waals surface area contributed by atoms with E-state index in [2.05, 4.69) is 41.1 Å². The third-order valence-electron chi connectivity index (χ3n) is 7.91. The number of carbonyl (C=O) groups is 4. The number of hydrogen-bond acceptors (Lipinski definition) is 10. The van der Waals surface area contributed by atoms with Crippen LogP contribution in [0.5, 0.6) is 0 Å². The Morgan fingerprint density at radius 2 is 1.56 bits per heavy atom. The zero-order valence-electron chi connectivity index (χ0n) is 28.6. The predicted octanol–water partition coefficient (Wildman–Crippen LogP) is 6.29. The third-order valence-corrected chi connectivity index (χ3v) is 8.18. The molecule has 55 heavy (non-hydrogen) atoms. The summed E-state index contributed by atoms with van der Waals surface area (Å²) in [6, 6.07) is 9.59. The number of alkyl halides is 6. The number of hydrogen-bond donors (Lipinski definition) is 6. The molecule has 3 aromatic heterocycles. The summed E-state index contributed by atoms with van der Waals surface area (Å²) < 4.78 is 63.5. The van der Waals surface area contributed by atoms with E-state index in [0.717, 1.165) is 53.1 Å². The number of carbonyl (C=O) groups excluding carboxylic acids is 2. The van der Waals surface area contributed by atoms with Crippen molar-refractivity contribution in [1.82, 2.24) is 30.0 Å². The van der Waals surface area contributed by atoms with E-state index in [1.807, 2.05) is 42.3 Å². The summed E-state index contributed by atoms with van der Waals surface area (Å²) in [5.74, 6) is -4.52. The van der Waals surface area contributed by atoms with Gasteiger partial charge in [-0.1, -0.05) is 11.6 Å². The molecule has 6 rings (SSSR count). The molecular weight excluding hydrogens is 768 g/mol. The van der Waals surface area contributed by atoms with Gasteiger partial charge in [0.15, 0.2) is 5.82 Å². The zero-order chi connectivity index (χ0) is 40.5. The number of benzene rings is 1. The van der Waals surface area contributed by atoms with Crippen LogP contribution >= 0.6 is 11.6 Å². The number of aromatic nitrogens is 5. The molecular formula is C33H32ClF6N9O6. The number of nitrogens with zero attached hydrogens (tertiary/aromatic N) is 5. The highest BCUT2D eigenvalue weighted by Crippen LogP contribution is 2.30. The van der Waals surface area contributed by atoms with E-state index in [1.165, 1.54) is 0 Å². The molecule has 6 bridgehead atoms. The average molecular weight is 800 g/mol. The molecule has 0 atom stereocenters. The molecule has 0 unspecified atom stereocenters. The fourth-order valence-corrected chi connectivity index (χ4v) is 5.38. The van der Waals surface area contributed by atoms with Gasteiger partial charge in [0.25, 0.3) is 5.91 Å². The first-order valence-electron chi connectivity index (χ1n) is 16.1. The number of rotatable bonds is 4. The molecule has 2 amide bonds. The minimum absolute atomic E-state index is 0.0334. The van der Waals surface area contributed by atoms with Crippen LogP contribution in [-0.4, -0.2) is 89.5 Å². The molecule has 4 aromatic rings. The lowest BCUT2D eigenvalue weighted by molar-refractivity contribution is -0.193. The van der Waals surface area contributed by atoms with Gasteiger partial charge in [0, 0.05) is 42.8 Å². The van der Waals surface area contributed by atoms with Crippen LogP contribution in [0.25, 0.3) is 0 Å². The maximum Gasteiger partial charge on any atom is 0.490 e. The molecule has 1 saturated heterocycles. The number of fused-ring (bicyclic) bond motifs is 6. The van der Waals surface area contributed by atoms with Crippen molar-refractivity contribution in [3.05, 3.63) is 76.5 Å². The van der Waals surface area contributed by atoms with Gasteiger partial charge >= 0.3 is 24.3 Å². The van der Waals surface area contributed by atoms with Gasteiger partial charge in [-0.2, -0.15) is 36.4 Å². The van der Waals surface area contributed by atoms with Gasteiger partial charge in [0.05, 0.1) is 18.1 Å². The van der Waals surface area contributed by atoms with Gasteiger partial charge < -0.3 is 31.1 Å². The van der Waals surface area contributed by atoms with Gasteiger partial charge in [-0.25, -0.2) is 14.6 Å². The maximum atomic E-state index is 13.1. The Kier molecular flexibility index (Phi) is 13.6. The Balaban J connectivity index is 0.000000410. The number of anilines is 5. The molecule has 0 radical (unpaired) electrons. The van der Waals surface area contributed by atoms with E-state index in [1.54, 1.807) is 18.5 Å². The predicted molar refractivity (Wildman–Crippen MR) is 184 cm³/mol. The van der Waals surface area contributed by atoms with Crippen molar-refractivity contribution < 1.29 is 55.7 Å². The minimum Gasteiger partial charge on any atom is -0.475 e. The SMILES string of the molecule is Cc1cc(C(=O)N2CCC(CC(=O)Nc3ccc4cc3CCc3cncc(c3)Nc3ncc(Cl)c(n3)N4)CC2)n[nH]1.O=C(O)C(F)(F)F.O=C(O)C(F)(F)F. The van der Waals surface area contributed by atoms with Gasteiger partial charge in [-0.15, -0.1) is 0 Å². The summed E-state index contributed by atoms with van der Waals surface area (Å²) in [5.41, 5.74) is 5.68. The minimum atomic E-state index is -5.08. The second-order valence-electron chi connectivity index (χ2n) is 12.1. The molecule has 6 N–H and O–H groups in total. The van der Waals surface area contributed by atoms with E-state index in [4.69, 9.17) is 31.4 Å². The summed E-state index contributed by atoms with van der Waals surface area (Å²) >= 11 is 6.37. The van der Waals surface area contributed by atoms with Crippen molar-refractivity contribution in [3.63, 3.8) is 0 Å². The van der Waals surface area contributed by atoms with Crippen LogP contribution in [0.3, 0.4) is 0 Å². The van der Waals surface area contributed by atoms with Crippen molar-refractivity contribution in [3.8, 4) is 0 Å². The molecule has 294 valence electrons. The van der Waals surface area contributed by atoms with E-state index in [-0.39, 0.29) is 17.7 Å². The number of aromatic amines is 1. The Morgan fingerprint density at radius 1 is 0.909 bits per heavy atom. The van der Waals surface area contributed by atoms with Crippen LogP contribution in [0, 0.1) is 12.8 Å². The fraction of sp³-hybridized carbons (Fsp3) is 0.333. The summed E-state index contributed by atoms with van der Waals surface area (Å²) in [5, 5.41) is 31.2. The Hall–Kier alpha value is -5.99. The first-order chi connectivity index (χ1) is 25.8. The first-order valence-corrected chi connectivity index (χ1v) is 16.5. The fourth-order valence-electron chi connectivity index (χ4n) is 5.25. The standard InChI is InChI=1S/C29H30ClN9O2.2C2HF3O2/c1-17-10-25(38-37-17)28(41)39-8-6-18(7-9-39)12-26(40)35-24-5-4-21-13-20(24)3-2-19-11-22(15-31-14-19)34-29-32-16-23(30)27(33-21)36-29;2*3-2(4,5)1(6)7/h4-5,10-11,13-16,18H,2-3,6-9,12H2,1H3,(H,35,40)(H,37,38)(H2,32,33,34,36);2*(H,6,7). The molecule has 0 saturated carbocycles. The highest BCUT2D eigenvalue weighted by Gasteiger charge is 2.39. The highest BCUT2D eigenvalue weighted by molar-refractivity contribution is 6.32. The summed E-state index contributed by atoms with van der Waals surface area (Å²) in [4.78, 5) is 58.6. The Bertz CT molecular complexity index is 2000. The summed E-state index contributed by atoms with van der Waals surface area (Å²) in [6.45, 7) is 3.10. The number of halogens is 7. The second kappa shape index (κ2) is 17.9.